The van der Waals surface area contributed by atoms with E-state index >= 15 is 0 Å². The molecule has 5 rings (SSSR count). The molecule has 5 heteroatoms. The molecule has 0 aliphatic carbocycles. The fourth-order valence-corrected chi connectivity index (χ4v) is 6.75. The van der Waals surface area contributed by atoms with E-state index in [4.69, 9.17) is 0 Å². The second kappa shape index (κ2) is 9.15. The maximum absolute atomic E-state index is 9.90. The van der Waals surface area contributed by atoms with Crippen molar-refractivity contribution < 1.29 is 5.11 Å². The lowest BCUT2D eigenvalue weighted by Crippen LogP contribution is -2.24. The van der Waals surface area contributed by atoms with Crippen LogP contribution in [0.2, 0.25) is 0 Å². The third kappa shape index (κ3) is 4.54. The van der Waals surface area contributed by atoms with Crippen LogP contribution in [0.5, 0.6) is 5.75 Å². The second-order valence-corrected chi connectivity index (χ2v) is 10.6. The van der Waals surface area contributed by atoms with Crippen LogP contribution in [0.15, 0.2) is 126 Å². The van der Waals surface area contributed by atoms with E-state index in [0.717, 1.165) is 17.3 Å². The molecule has 0 radical (unpaired) electrons. The van der Waals surface area contributed by atoms with Gasteiger partial charge in [-0.1, -0.05) is 54.6 Å². The van der Waals surface area contributed by atoms with Gasteiger partial charge in [-0.15, -0.1) is 23.5 Å². The van der Waals surface area contributed by atoms with E-state index in [1.165, 1.54) is 15.4 Å². The summed E-state index contributed by atoms with van der Waals surface area (Å²) in [4.78, 5) is 6.71. The summed E-state index contributed by atoms with van der Waals surface area (Å²) in [7, 11) is 0. The number of nitrogens with zero attached hydrogens (tertiary/aromatic N) is 2. The SMILES string of the molecule is Oc1ccc2cc(C(Cn3ccnc3)(Sc3ccccc3)Sc3ccccc3)ccc2c1. The summed E-state index contributed by atoms with van der Waals surface area (Å²) in [6, 6.07) is 33.2. The number of fused-ring (bicyclic) bond motifs is 1. The maximum atomic E-state index is 9.90. The van der Waals surface area contributed by atoms with Gasteiger partial charge in [-0.25, -0.2) is 4.98 Å². The van der Waals surface area contributed by atoms with Crippen LogP contribution in [-0.4, -0.2) is 14.7 Å². The van der Waals surface area contributed by atoms with Crippen molar-refractivity contribution in [1.29, 1.82) is 0 Å². The lowest BCUT2D eigenvalue weighted by atomic mass is 10.0. The Bertz CT molecular complexity index is 1260. The maximum Gasteiger partial charge on any atom is 0.116 e. The van der Waals surface area contributed by atoms with Gasteiger partial charge in [0.2, 0.25) is 0 Å². The van der Waals surface area contributed by atoms with Gasteiger partial charge in [-0.3, -0.25) is 0 Å². The Morgan fingerprint density at radius 3 is 2.00 bits per heavy atom. The molecule has 0 aliphatic heterocycles. The predicted molar refractivity (Wildman–Crippen MR) is 134 cm³/mol. The van der Waals surface area contributed by atoms with Crippen molar-refractivity contribution >= 4 is 34.3 Å². The topological polar surface area (TPSA) is 38.0 Å². The molecule has 4 aromatic carbocycles. The number of aromatic nitrogens is 2. The van der Waals surface area contributed by atoms with Gasteiger partial charge < -0.3 is 9.67 Å². The predicted octanol–water partition coefficient (Wildman–Crippen LogP) is 7.18. The molecular weight excluding hydrogens is 432 g/mol. The molecular formula is C27H22N2OS2. The molecule has 0 aliphatic rings. The summed E-state index contributed by atoms with van der Waals surface area (Å²) in [5, 5.41) is 12.0. The Kier molecular flexibility index (Phi) is 5.93. The van der Waals surface area contributed by atoms with Gasteiger partial charge in [0.15, 0.2) is 0 Å². The molecule has 1 aromatic heterocycles. The van der Waals surface area contributed by atoms with Gasteiger partial charge in [0, 0.05) is 22.2 Å². The van der Waals surface area contributed by atoms with Crippen LogP contribution in [0.1, 0.15) is 5.56 Å². The van der Waals surface area contributed by atoms with Gasteiger partial charge >= 0.3 is 0 Å². The molecule has 0 bridgehead atoms. The van der Waals surface area contributed by atoms with Crippen LogP contribution in [0.3, 0.4) is 0 Å². The summed E-state index contributed by atoms with van der Waals surface area (Å²) >= 11 is 3.72. The van der Waals surface area contributed by atoms with Crippen molar-refractivity contribution in [3.63, 3.8) is 0 Å². The summed E-state index contributed by atoms with van der Waals surface area (Å²) in [5.41, 5.74) is 1.21. The highest BCUT2D eigenvalue weighted by molar-refractivity contribution is 8.17. The van der Waals surface area contributed by atoms with Crippen LogP contribution in [0.4, 0.5) is 0 Å². The summed E-state index contributed by atoms with van der Waals surface area (Å²) in [6.45, 7) is 0.746. The fourth-order valence-electron chi connectivity index (χ4n) is 3.74. The fraction of sp³-hybridized carbons (Fsp3) is 0.0741. The zero-order valence-electron chi connectivity index (χ0n) is 17.3. The third-order valence-electron chi connectivity index (χ3n) is 5.27. The van der Waals surface area contributed by atoms with E-state index in [9.17, 15) is 5.11 Å². The standard InChI is InChI=1S/C27H22N2OS2/c30-24-14-12-21-17-23(13-11-22(21)18-24)27(19-29-16-15-28-20-29,31-25-7-3-1-4-8-25)32-26-9-5-2-6-10-26/h1-18,20,30H,19H2. The van der Waals surface area contributed by atoms with Gasteiger partial charge in [-0.2, -0.15) is 0 Å². The molecule has 3 nitrogen and oxygen atoms in total. The van der Waals surface area contributed by atoms with Gasteiger partial charge in [0.1, 0.15) is 9.83 Å². The molecule has 0 saturated carbocycles. The first-order chi connectivity index (χ1) is 15.7. The molecule has 5 aromatic rings. The number of hydrogen-bond donors (Lipinski definition) is 1. The van der Waals surface area contributed by atoms with Crippen molar-refractivity contribution in [2.24, 2.45) is 0 Å². The number of rotatable bonds is 7. The normalized spacial score (nSPS) is 11.6. The number of phenolic OH excluding ortho intramolecular Hbond substituents is 1. The van der Waals surface area contributed by atoms with E-state index in [1.54, 1.807) is 6.07 Å². The number of imidazole rings is 1. The summed E-state index contributed by atoms with van der Waals surface area (Å²) in [5.74, 6) is 0.284. The first kappa shape index (κ1) is 20.7. The molecule has 0 atom stereocenters. The molecule has 0 saturated heterocycles. The average molecular weight is 455 g/mol. The molecule has 32 heavy (non-hydrogen) atoms. The molecule has 158 valence electrons. The van der Waals surface area contributed by atoms with E-state index in [2.05, 4.69) is 88.4 Å². The number of hydrogen-bond acceptors (Lipinski definition) is 4. The smallest absolute Gasteiger partial charge is 0.116 e. The lowest BCUT2D eigenvalue weighted by molar-refractivity contribution is 0.476. The van der Waals surface area contributed by atoms with Gasteiger partial charge in [0.25, 0.3) is 0 Å². The average Bonchev–Trinajstić information content (AvgIpc) is 3.33. The second-order valence-electron chi connectivity index (χ2n) is 7.56. The van der Waals surface area contributed by atoms with Crippen LogP contribution >= 0.6 is 23.5 Å². The van der Waals surface area contributed by atoms with E-state index < -0.39 is 0 Å². The van der Waals surface area contributed by atoms with Crippen molar-refractivity contribution in [2.75, 3.05) is 0 Å². The molecule has 0 spiro atoms. The first-order valence-corrected chi connectivity index (χ1v) is 12.0. The Balaban J connectivity index is 1.68. The van der Waals surface area contributed by atoms with Crippen molar-refractivity contribution in [3.8, 4) is 5.75 Å². The Morgan fingerprint density at radius 2 is 1.38 bits per heavy atom. The van der Waals surface area contributed by atoms with Crippen LogP contribution in [0, 0.1) is 0 Å². The van der Waals surface area contributed by atoms with Gasteiger partial charge in [0.05, 0.1) is 12.9 Å². The minimum absolute atomic E-state index is 0.284. The highest BCUT2D eigenvalue weighted by Crippen LogP contribution is 2.54. The number of aromatic hydroxyl groups is 1. The van der Waals surface area contributed by atoms with E-state index in [-0.39, 0.29) is 9.83 Å². The minimum atomic E-state index is -0.338. The molecule has 0 amide bonds. The van der Waals surface area contributed by atoms with E-state index in [1.807, 2.05) is 54.4 Å². The first-order valence-electron chi connectivity index (χ1n) is 10.4. The quantitative estimate of drug-likeness (QED) is 0.209. The van der Waals surface area contributed by atoms with Gasteiger partial charge in [-0.05, 0) is 58.8 Å². The zero-order valence-corrected chi connectivity index (χ0v) is 19.0. The molecule has 0 unspecified atom stereocenters. The largest absolute Gasteiger partial charge is 0.508 e. The molecule has 0 fully saturated rings. The number of thioether (sulfide) groups is 2. The van der Waals surface area contributed by atoms with Crippen LogP contribution < -0.4 is 0 Å². The summed E-state index contributed by atoms with van der Waals surface area (Å²) < 4.78 is 1.81. The minimum Gasteiger partial charge on any atom is -0.508 e. The van der Waals surface area contributed by atoms with Crippen LogP contribution in [0.25, 0.3) is 10.8 Å². The van der Waals surface area contributed by atoms with Crippen molar-refractivity contribution in [1.82, 2.24) is 9.55 Å². The highest BCUT2D eigenvalue weighted by Gasteiger charge is 2.36. The summed E-state index contributed by atoms with van der Waals surface area (Å²) in [6.07, 6.45) is 5.73. The Morgan fingerprint density at radius 1 is 0.750 bits per heavy atom. The lowest BCUT2D eigenvalue weighted by Gasteiger charge is -2.34. The molecule has 1 N–H and O–H groups in total. The number of benzene rings is 4. The monoisotopic (exact) mass is 454 g/mol. The van der Waals surface area contributed by atoms with Crippen LogP contribution in [-0.2, 0) is 10.6 Å². The van der Waals surface area contributed by atoms with Crippen molar-refractivity contribution in [2.45, 2.75) is 20.4 Å². The molecule has 1 heterocycles. The van der Waals surface area contributed by atoms with E-state index in [0.29, 0.717) is 0 Å². The number of phenols is 1. The van der Waals surface area contributed by atoms with Crippen molar-refractivity contribution in [3.05, 3.63) is 121 Å². The zero-order chi connectivity index (χ0) is 21.8. The third-order valence-corrected chi connectivity index (χ3v) is 8.17. The Labute approximate surface area is 196 Å². The highest BCUT2D eigenvalue weighted by atomic mass is 32.2. The Hall–Kier alpha value is -3.15.